The van der Waals surface area contributed by atoms with Crippen LogP contribution >= 0.6 is 0 Å². The van der Waals surface area contributed by atoms with Gasteiger partial charge < -0.3 is 14.8 Å². The number of hydrogen-bond acceptors (Lipinski definition) is 3. The summed E-state index contributed by atoms with van der Waals surface area (Å²) in [6.45, 7) is 2.77. The summed E-state index contributed by atoms with van der Waals surface area (Å²) in [5.41, 5.74) is 0. The minimum atomic E-state index is 0.645. The molecule has 0 aromatic heterocycles. The normalized spacial score (nSPS) is 9.75. The van der Waals surface area contributed by atoms with Crippen LogP contribution in [0.4, 0.5) is 0 Å². The number of rotatable bonds is 9. The molecule has 0 spiro atoms. The molecule has 12 heavy (non-hydrogen) atoms. The SMILES string of the molecule is COCCOCCCCNC=O. The molecule has 4 heteroatoms. The Hall–Kier alpha value is -0.610. The molecule has 0 radical (unpaired) electrons. The van der Waals surface area contributed by atoms with Gasteiger partial charge in [-0.2, -0.15) is 0 Å². The molecule has 72 valence electrons. The van der Waals surface area contributed by atoms with Crippen molar-refractivity contribution in [1.82, 2.24) is 5.32 Å². The van der Waals surface area contributed by atoms with Gasteiger partial charge >= 0.3 is 0 Å². The molecule has 0 aliphatic carbocycles. The van der Waals surface area contributed by atoms with Gasteiger partial charge in [-0.25, -0.2) is 0 Å². The lowest BCUT2D eigenvalue weighted by molar-refractivity contribution is -0.109. The third-order valence-electron chi connectivity index (χ3n) is 1.37. The van der Waals surface area contributed by atoms with Crippen LogP contribution in [0.5, 0.6) is 0 Å². The highest BCUT2D eigenvalue weighted by atomic mass is 16.5. The number of ether oxygens (including phenoxy) is 2. The van der Waals surface area contributed by atoms with Crippen LogP contribution in [-0.2, 0) is 14.3 Å². The molecule has 1 N–H and O–H groups in total. The minimum Gasteiger partial charge on any atom is -0.382 e. The summed E-state index contributed by atoms with van der Waals surface area (Å²) in [5, 5.41) is 2.59. The lowest BCUT2D eigenvalue weighted by Gasteiger charge is -2.02. The zero-order chi connectivity index (χ0) is 9.07. The summed E-state index contributed by atoms with van der Waals surface area (Å²) in [5.74, 6) is 0. The van der Waals surface area contributed by atoms with E-state index in [1.165, 1.54) is 0 Å². The van der Waals surface area contributed by atoms with Crippen molar-refractivity contribution in [2.24, 2.45) is 0 Å². The van der Waals surface area contributed by atoms with Gasteiger partial charge in [-0.3, -0.25) is 4.79 Å². The number of carbonyl (C=O) groups excluding carboxylic acids is 1. The molecule has 0 saturated heterocycles. The average molecular weight is 175 g/mol. The van der Waals surface area contributed by atoms with Crippen LogP contribution in [0.1, 0.15) is 12.8 Å². The lowest BCUT2D eigenvalue weighted by Crippen LogP contribution is -2.13. The van der Waals surface area contributed by atoms with E-state index in [0.717, 1.165) is 26.0 Å². The Kier molecular flexibility index (Phi) is 9.86. The summed E-state index contributed by atoms with van der Waals surface area (Å²) < 4.78 is 10.0. The van der Waals surface area contributed by atoms with E-state index < -0.39 is 0 Å². The van der Waals surface area contributed by atoms with Crippen molar-refractivity contribution >= 4 is 6.41 Å². The first-order valence-electron chi connectivity index (χ1n) is 4.15. The van der Waals surface area contributed by atoms with Crippen molar-refractivity contribution in [3.05, 3.63) is 0 Å². The summed E-state index contributed by atoms with van der Waals surface area (Å²) >= 11 is 0. The van der Waals surface area contributed by atoms with Crippen molar-refractivity contribution in [3.8, 4) is 0 Å². The van der Waals surface area contributed by atoms with E-state index in [4.69, 9.17) is 9.47 Å². The number of carbonyl (C=O) groups is 1. The van der Waals surface area contributed by atoms with E-state index in [-0.39, 0.29) is 0 Å². The standard InChI is InChI=1S/C8H17NO3/c1-11-6-7-12-5-3-2-4-9-8-10/h8H,2-7H2,1H3,(H,9,10). The van der Waals surface area contributed by atoms with Crippen molar-refractivity contribution in [3.63, 3.8) is 0 Å². The zero-order valence-corrected chi connectivity index (χ0v) is 7.54. The Balaban J connectivity index is 2.77. The van der Waals surface area contributed by atoms with Gasteiger partial charge in [-0.1, -0.05) is 0 Å². The van der Waals surface area contributed by atoms with Gasteiger partial charge in [0.1, 0.15) is 0 Å². The van der Waals surface area contributed by atoms with Crippen molar-refractivity contribution in [2.45, 2.75) is 12.8 Å². The molecular formula is C8H17NO3. The van der Waals surface area contributed by atoms with Crippen LogP contribution < -0.4 is 5.32 Å². The first-order chi connectivity index (χ1) is 5.91. The Morgan fingerprint density at radius 2 is 2.08 bits per heavy atom. The molecule has 0 fully saturated rings. The zero-order valence-electron chi connectivity index (χ0n) is 7.54. The second kappa shape index (κ2) is 10.4. The van der Waals surface area contributed by atoms with Gasteiger partial charge in [0.15, 0.2) is 0 Å². The Morgan fingerprint density at radius 1 is 1.25 bits per heavy atom. The van der Waals surface area contributed by atoms with Gasteiger partial charge in [-0.05, 0) is 12.8 Å². The highest BCUT2D eigenvalue weighted by Crippen LogP contribution is 1.87. The highest BCUT2D eigenvalue weighted by Gasteiger charge is 1.88. The van der Waals surface area contributed by atoms with Gasteiger partial charge in [0.2, 0.25) is 6.41 Å². The number of amides is 1. The molecule has 0 aliphatic rings. The molecule has 0 aliphatic heterocycles. The third kappa shape index (κ3) is 9.39. The topological polar surface area (TPSA) is 47.6 Å². The second-order valence-corrected chi connectivity index (χ2v) is 2.38. The molecule has 0 heterocycles. The molecular weight excluding hydrogens is 158 g/mol. The minimum absolute atomic E-state index is 0.645. The highest BCUT2D eigenvalue weighted by molar-refractivity contribution is 5.45. The molecule has 0 unspecified atom stereocenters. The predicted octanol–water partition coefficient (Wildman–Crippen LogP) is 0.176. The van der Waals surface area contributed by atoms with E-state index in [0.29, 0.717) is 19.6 Å². The number of nitrogens with one attached hydrogen (secondary N) is 1. The van der Waals surface area contributed by atoms with Gasteiger partial charge in [0.25, 0.3) is 0 Å². The maximum absolute atomic E-state index is 9.82. The second-order valence-electron chi connectivity index (χ2n) is 2.38. The van der Waals surface area contributed by atoms with Crippen LogP contribution in [0.2, 0.25) is 0 Å². The summed E-state index contributed by atoms with van der Waals surface area (Å²) in [4.78, 5) is 9.82. The quantitative estimate of drug-likeness (QED) is 0.401. The fourth-order valence-corrected chi connectivity index (χ4v) is 0.734. The molecule has 0 rings (SSSR count). The van der Waals surface area contributed by atoms with E-state index >= 15 is 0 Å². The summed E-state index contributed by atoms with van der Waals surface area (Å²) in [7, 11) is 1.65. The van der Waals surface area contributed by atoms with Gasteiger partial charge in [0.05, 0.1) is 13.2 Å². The molecule has 0 saturated carbocycles. The molecule has 0 aromatic rings. The van der Waals surface area contributed by atoms with Crippen LogP contribution in [0.15, 0.2) is 0 Å². The van der Waals surface area contributed by atoms with E-state index in [1.807, 2.05) is 0 Å². The fraction of sp³-hybridized carbons (Fsp3) is 0.875. The third-order valence-corrected chi connectivity index (χ3v) is 1.37. The average Bonchev–Trinajstić information content (AvgIpc) is 2.10. The van der Waals surface area contributed by atoms with Crippen LogP contribution in [0.3, 0.4) is 0 Å². The smallest absolute Gasteiger partial charge is 0.207 e. The van der Waals surface area contributed by atoms with E-state index in [9.17, 15) is 4.79 Å². The van der Waals surface area contributed by atoms with Crippen LogP contribution in [0, 0.1) is 0 Å². The largest absolute Gasteiger partial charge is 0.382 e. The molecule has 0 atom stereocenters. The first-order valence-corrected chi connectivity index (χ1v) is 4.15. The van der Waals surface area contributed by atoms with Crippen molar-refractivity contribution in [1.29, 1.82) is 0 Å². The number of hydrogen-bond donors (Lipinski definition) is 1. The fourth-order valence-electron chi connectivity index (χ4n) is 0.734. The van der Waals surface area contributed by atoms with Crippen LogP contribution in [0.25, 0.3) is 0 Å². The predicted molar refractivity (Wildman–Crippen MR) is 46.0 cm³/mol. The molecule has 4 nitrogen and oxygen atoms in total. The van der Waals surface area contributed by atoms with E-state index in [2.05, 4.69) is 5.32 Å². The maximum atomic E-state index is 9.82. The van der Waals surface area contributed by atoms with Crippen molar-refractivity contribution in [2.75, 3.05) is 33.5 Å². The molecule has 0 aromatic carbocycles. The Labute approximate surface area is 73.2 Å². The van der Waals surface area contributed by atoms with Crippen molar-refractivity contribution < 1.29 is 14.3 Å². The van der Waals surface area contributed by atoms with E-state index in [1.54, 1.807) is 7.11 Å². The van der Waals surface area contributed by atoms with Gasteiger partial charge in [-0.15, -0.1) is 0 Å². The summed E-state index contributed by atoms with van der Waals surface area (Å²) in [6.07, 6.45) is 2.65. The van der Waals surface area contributed by atoms with Crippen LogP contribution in [-0.4, -0.2) is 39.9 Å². The molecule has 0 bridgehead atoms. The summed E-state index contributed by atoms with van der Waals surface area (Å²) in [6, 6.07) is 0. The number of methoxy groups -OCH3 is 1. The monoisotopic (exact) mass is 175 g/mol. The molecule has 1 amide bonds. The first kappa shape index (κ1) is 11.4. The Morgan fingerprint density at radius 3 is 2.75 bits per heavy atom. The maximum Gasteiger partial charge on any atom is 0.207 e. The Bertz CT molecular complexity index is 98.3. The lowest BCUT2D eigenvalue weighted by atomic mass is 10.3. The van der Waals surface area contributed by atoms with Gasteiger partial charge in [0, 0.05) is 20.3 Å². The number of unbranched alkanes of at least 4 members (excludes halogenated alkanes) is 1.